The first-order valence-electron chi connectivity index (χ1n) is 28.7. The van der Waals surface area contributed by atoms with Crippen LogP contribution in [-0.2, 0) is 25.7 Å². The third-order valence-corrected chi connectivity index (χ3v) is 18.7. The molecule has 4 aliphatic rings. The molecule has 4 aliphatic heterocycles. The van der Waals surface area contributed by atoms with Crippen LogP contribution in [0.25, 0.3) is 32.6 Å². The topological polar surface area (TPSA) is 202 Å². The maximum absolute atomic E-state index is 16.2. The molecule has 0 radical (unpaired) electrons. The zero-order valence-electron chi connectivity index (χ0n) is 48.6. The first kappa shape index (κ1) is 60.5. The number of aromatic amines is 1. The summed E-state index contributed by atoms with van der Waals surface area (Å²) in [7, 11) is 0. The van der Waals surface area contributed by atoms with Gasteiger partial charge < -0.3 is 25.2 Å². The second kappa shape index (κ2) is 24.8. The van der Waals surface area contributed by atoms with Crippen molar-refractivity contribution in [1.82, 2.24) is 45.1 Å². The van der Waals surface area contributed by atoms with E-state index < -0.39 is 69.7 Å². The van der Waals surface area contributed by atoms with Gasteiger partial charge in [0.2, 0.25) is 23.5 Å². The van der Waals surface area contributed by atoms with Crippen LogP contribution in [0, 0.1) is 29.9 Å². The number of aryl methyl sites for hydroxylation is 1. The standard InChI is InChI=1S/C61H74F3N11O7S2/c1-35-29-69(30-36(2)73(35)74(39(5)76)57(61(6,7)8)60(80)72-33-47(77)26-52(72)59(79)68-37(3)41-9-11-43(12-10-41)56-38(4)67-34-83-56)31-40-19-22-70(23-20-40)46-15-13-42(14-16-46)44-25-48-49(28-66-58(48)65-27-44)55(78)53-50(63)17-18-51(54(53)64)75(84(81)82)71-24-21-45(62)32-71/h9-18,25,27-28,34-37,40,45,47,52,57,77H,19-24,26,29-33H2,1-8H3,(H,65,66)(H,68,79)(H,81,82)/t35-,36+,37-,45+,47+,52-,57+/m0/s1. The van der Waals surface area contributed by atoms with Crippen molar-refractivity contribution in [3.8, 4) is 21.6 Å². The molecule has 10 rings (SSSR count). The normalized spacial score (nSPS) is 22.3. The van der Waals surface area contributed by atoms with Gasteiger partial charge in [0.1, 0.15) is 35.4 Å². The number of nitrogens with zero attached hydrogens (tertiary/aromatic N) is 9. The average molecular weight is 1190 g/mol. The Labute approximate surface area is 494 Å². The van der Waals surface area contributed by atoms with Crippen molar-refractivity contribution in [3.63, 3.8) is 0 Å². The molecule has 3 amide bonds. The molecule has 84 heavy (non-hydrogen) atoms. The van der Waals surface area contributed by atoms with Crippen LogP contribution in [0.1, 0.15) is 107 Å². The highest BCUT2D eigenvalue weighted by Crippen LogP contribution is 2.37. The van der Waals surface area contributed by atoms with Gasteiger partial charge in [-0.1, -0.05) is 57.2 Å². The van der Waals surface area contributed by atoms with Crippen LogP contribution in [0.4, 0.5) is 24.5 Å². The van der Waals surface area contributed by atoms with Gasteiger partial charge >= 0.3 is 0 Å². The lowest BCUT2D eigenvalue weighted by atomic mass is 9.84. The molecule has 0 aliphatic carbocycles. The van der Waals surface area contributed by atoms with Gasteiger partial charge in [-0.3, -0.25) is 33.6 Å². The van der Waals surface area contributed by atoms with Gasteiger partial charge in [-0.25, -0.2) is 37.4 Å². The lowest BCUT2D eigenvalue weighted by molar-refractivity contribution is -0.191. The van der Waals surface area contributed by atoms with E-state index in [1.807, 2.05) is 88.7 Å². The van der Waals surface area contributed by atoms with Crippen LogP contribution in [0.3, 0.4) is 0 Å². The third kappa shape index (κ3) is 12.4. The number of benzene rings is 3. The number of ketones is 1. The molecule has 0 saturated carbocycles. The molecule has 7 heterocycles. The molecule has 0 bridgehead atoms. The van der Waals surface area contributed by atoms with E-state index in [-0.39, 0.29) is 73.9 Å². The number of piperidine rings is 1. The fourth-order valence-electron chi connectivity index (χ4n) is 12.9. The highest BCUT2D eigenvalue weighted by molar-refractivity contribution is 7.80. The first-order valence-corrected chi connectivity index (χ1v) is 30.7. The summed E-state index contributed by atoms with van der Waals surface area (Å²) in [6, 6.07) is 17.0. The highest BCUT2D eigenvalue weighted by atomic mass is 32.2. The Morgan fingerprint density at radius 3 is 2.19 bits per heavy atom. The van der Waals surface area contributed by atoms with Crippen LogP contribution < -0.4 is 14.6 Å². The molecule has 1 unspecified atom stereocenters. The number of aliphatic hydroxyl groups is 1. The Kier molecular flexibility index (Phi) is 17.9. The van der Waals surface area contributed by atoms with E-state index in [1.54, 1.807) is 28.6 Å². The molecular formula is C61H74F3N11O7S2. The molecule has 0 spiro atoms. The molecular weight excluding hydrogens is 1120 g/mol. The van der Waals surface area contributed by atoms with Crippen molar-refractivity contribution in [1.29, 1.82) is 0 Å². The van der Waals surface area contributed by atoms with E-state index in [1.165, 1.54) is 18.0 Å². The molecule has 23 heteroatoms. The monoisotopic (exact) mass is 1190 g/mol. The van der Waals surface area contributed by atoms with Gasteiger partial charge in [0, 0.05) is 106 Å². The van der Waals surface area contributed by atoms with Crippen molar-refractivity contribution in [3.05, 3.63) is 119 Å². The Morgan fingerprint density at radius 1 is 0.905 bits per heavy atom. The summed E-state index contributed by atoms with van der Waals surface area (Å²) in [6.45, 7) is 19.0. The van der Waals surface area contributed by atoms with E-state index >= 15 is 13.6 Å². The summed E-state index contributed by atoms with van der Waals surface area (Å²) in [5.41, 5.74) is 5.28. The number of aromatic nitrogens is 3. The van der Waals surface area contributed by atoms with E-state index in [0.29, 0.717) is 40.0 Å². The minimum Gasteiger partial charge on any atom is -0.391 e. The number of amides is 3. The second-order valence-electron chi connectivity index (χ2n) is 24.1. The number of alkyl halides is 1. The molecule has 4 N–H and O–H groups in total. The number of halogens is 3. The predicted octanol–water partition coefficient (Wildman–Crippen LogP) is 8.70. The SMILES string of the molecule is CC(=O)N([C@H](C(=O)N1C[C@H](O)C[C@H]1C(=O)N[C@@H](C)c1ccc(-c2scnc2C)cc1)C(C)(C)C)N1[C@H](C)CN(CC2CCN(c3ccc(-c4cnc5[nH]cc(C(=O)c6c(F)ccc(N(N7CC[C@@H](F)C7)S(=O)O)c6F)c5c4)cc3)CC2)C[C@@H]1C. The van der Waals surface area contributed by atoms with Crippen molar-refractivity contribution in [2.75, 3.05) is 61.7 Å². The van der Waals surface area contributed by atoms with E-state index in [9.17, 15) is 32.6 Å². The summed E-state index contributed by atoms with van der Waals surface area (Å²) >= 11 is -1.27. The summed E-state index contributed by atoms with van der Waals surface area (Å²) in [6.07, 6.45) is 2.82. The van der Waals surface area contributed by atoms with Gasteiger partial charge in [0.05, 0.1) is 40.3 Å². The van der Waals surface area contributed by atoms with Crippen LogP contribution in [0.2, 0.25) is 0 Å². The van der Waals surface area contributed by atoms with Crippen LogP contribution in [-0.4, -0.2) is 166 Å². The number of hydrazine groups is 2. The molecule has 6 aromatic rings. The van der Waals surface area contributed by atoms with Crippen LogP contribution in [0.5, 0.6) is 0 Å². The molecule has 4 fully saturated rings. The molecule has 3 aromatic heterocycles. The fourth-order valence-corrected chi connectivity index (χ4v) is 14.3. The number of β-amino-alcohol motifs (C(OH)–C–C–N with tert-alkyl or cyclic N) is 1. The minimum absolute atomic E-state index is 0.0222. The van der Waals surface area contributed by atoms with Crippen molar-refractivity contribution in [2.45, 2.75) is 124 Å². The van der Waals surface area contributed by atoms with Crippen molar-refractivity contribution in [2.24, 2.45) is 11.3 Å². The maximum Gasteiger partial charge on any atom is 0.277 e. The average Bonchev–Trinajstić information content (AvgIpc) is 4.46. The lowest BCUT2D eigenvalue weighted by Crippen LogP contribution is -2.70. The molecule has 448 valence electrons. The third-order valence-electron chi connectivity index (χ3n) is 17.0. The number of nitrogens with one attached hydrogen (secondary N) is 2. The Balaban J connectivity index is 0.755. The minimum atomic E-state index is -2.84. The highest BCUT2D eigenvalue weighted by Gasteiger charge is 2.50. The van der Waals surface area contributed by atoms with Crippen LogP contribution >= 0.6 is 11.3 Å². The number of fused-ring (bicyclic) bond motifs is 1. The number of carbonyl (C=O) groups excluding carboxylic acids is 4. The van der Waals surface area contributed by atoms with Gasteiger partial charge in [0.25, 0.3) is 11.3 Å². The summed E-state index contributed by atoms with van der Waals surface area (Å²) in [5.74, 6) is -4.11. The summed E-state index contributed by atoms with van der Waals surface area (Å²) in [5, 5.41) is 19.3. The van der Waals surface area contributed by atoms with Crippen molar-refractivity contribution >= 4 is 68.5 Å². The van der Waals surface area contributed by atoms with Gasteiger partial charge in [0.15, 0.2) is 5.82 Å². The predicted molar refractivity (Wildman–Crippen MR) is 319 cm³/mol. The molecule has 4 saturated heterocycles. The Hall–Kier alpha value is -6.60. The number of likely N-dealkylation sites (tertiary alicyclic amines) is 1. The Morgan fingerprint density at radius 2 is 1.58 bits per heavy atom. The number of piperazine rings is 1. The second-order valence-corrected chi connectivity index (χ2v) is 25.8. The smallest absolute Gasteiger partial charge is 0.277 e. The number of aliphatic hydroxyl groups excluding tert-OH is 1. The fraction of sp³-hybridized carbons (Fsp3) is 0.475. The maximum atomic E-state index is 16.2. The number of pyridine rings is 1. The van der Waals surface area contributed by atoms with E-state index in [2.05, 4.69) is 48.9 Å². The van der Waals surface area contributed by atoms with E-state index in [0.717, 1.165) is 82.6 Å². The van der Waals surface area contributed by atoms with Gasteiger partial charge in [-0.2, -0.15) is 4.41 Å². The first-order chi connectivity index (χ1) is 40.0. The molecule has 8 atom stereocenters. The quantitative estimate of drug-likeness (QED) is 0.0530. The zero-order valence-corrected chi connectivity index (χ0v) is 50.2. The lowest BCUT2D eigenvalue weighted by Gasteiger charge is -2.53. The summed E-state index contributed by atoms with van der Waals surface area (Å²) < 4.78 is 68.7. The number of hydrogen-bond donors (Lipinski definition) is 4. The number of rotatable bonds is 16. The van der Waals surface area contributed by atoms with Gasteiger partial charge in [-0.05, 0) is 105 Å². The largest absolute Gasteiger partial charge is 0.391 e. The van der Waals surface area contributed by atoms with E-state index in [4.69, 9.17) is 0 Å². The van der Waals surface area contributed by atoms with Gasteiger partial charge in [-0.15, -0.1) is 11.3 Å². The summed E-state index contributed by atoms with van der Waals surface area (Å²) in [4.78, 5) is 76.3. The molecule has 18 nitrogen and oxygen atoms in total. The number of anilines is 2. The number of carbonyl (C=O) groups is 4. The number of H-pyrrole nitrogens is 1. The number of thiazole rings is 1. The van der Waals surface area contributed by atoms with Crippen LogP contribution in [0.15, 0.2) is 84.6 Å². The Bertz CT molecular complexity index is 3410. The molecule has 3 aromatic carbocycles. The number of hydrogen-bond acceptors (Lipinski definition) is 13. The zero-order chi connectivity index (χ0) is 60.1. The van der Waals surface area contributed by atoms with Crippen molar-refractivity contribution < 1.29 is 46.2 Å².